The lowest BCUT2D eigenvalue weighted by molar-refractivity contribution is -0.118. The summed E-state index contributed by atoms with van der Waals surface area (Å²) in [7, 11) is 0. The Balaban J connectivity index is 1.82. The number of rotatable bonds is 2. The van der Waals surface area contributed by atoms with Crippen LogP contribution in [-0.2, 0) is 4.79 Å². The molecule has 2 nitrogen and oxygen atoms in total. The molecule has 2 fully saturated rings. The van der Waals surface area contributed by atoms with Crippen LogP contribution in [0.3, 0.4) is 0 Å². The summed E-state index contributed by atoms with van der Waals surface area (Å²) >= 11 is 0. The molecule has 0 aromatic rings. The summed E-state index contributed by atoms with van der Waals surface area (Å²) in [4.78, 5) is 11.1. The van der Waals surface area contributed by atoms with Crippen molar-refractivity contribution < 1.29 is 9.90 Å². The van der Waals surface area contributed by atoms with Crippen molar-refractivity contribution in [3.63, 3.8) is 0 Å². The minimum Gasteiger partial charge on any atom is -0.393 e. The van der Waals surface area contributed by atoms with Crippen LogP contribution < -0.4 is 0 Å². The molecule has 2 aliphatic rings. The molecule has 0 radical (unpaired) electrons. The normalized spacial score (nSPS) is 39.9. The summed E-state index contributed by atoms with van der Waals surface area (Å²) in [6, 6.07) is 0. The molecule has 2 saturated carbocycles. The van der Waals surface area contributed by atoms with Crippen molar-refractivity contribution in [2.45, 2.75) is 70.8 Å². The quantitative estimate of drug-likeness (QED) is 0.782. The van der Waals surface area contributed by atoms with E-state index < -0.39 is 0 Å². The molecule has 92 valence electrons. The number of aliphatic hydroxyl groups excluding tert-OH is 1. The zero-order chi connectivity index (χ0) is 11.6. The van der Waals surface area contributed by atoms with Crippen molar-refractivity contribution in [1.82, 2.24) is 0 Å². The van der Waals surface area contributed by atoms with Crippen LogP contribution in [-0.4, -0.2) is 17.0 Å². The molecule has 2 aliphatic carbocycles. The van der Waals surface area contributed by atoms with Gasteiger partial charge in [0.2, 0.25) is 0 Å². The van der Waals surface area contributed by atoms with Crippen LogP contribution in [0.5, 0.6) is 0 Å². The molecule has 0 atom stereocenters. The minimum absolute atomic E-state index is 0.0411. The van der Waals surface area contributed by atoms with Gasteiger partial charge in [0.1, 0.15) is 5.78 Å². The molecule has 16 heavy (non-hydrogen) atoms. The lowest BCUT2D eigenvalue weighted by Gasteiger charge is -2.44. The highest BCUT2D eigenvalue weighted by Crippen LogP contribution is 2.49. The maximum atomic E-state index is 11.1. The van der Waals surface area contributed by atoms with Gasteiger partial charge in [-0.2, -0.15) is 0 Å². The van der Waals surface area contributed by atoms with E-state index in [1.54, 1.807) is 6.92 Å². The lowest BCUT2D eigenvalue weighted by atomic mass is 9.62. The molecule has 0 amide bonds. The van der Waals surface area contributed by atoms with E-state index in [0.29, 0.717) is 17.1 Å². The second-order valence-electron chi connectivity index (χ2n) is 6.08. The fourth-order valence-corrected chi connectivity index (χ4v) is 3.62. The molecule has 0 heterocycles. The number of ketones is 1. The van der Waals surface area contributed by atoms with E-state index in [9.17, 15) is 9.90 Å². The first-order valence-electron chi connectivity index (χ1n) is 6.77. The number of aliphatic hydroxyl groups is 1. The van der Waals surface area contributed by atoms with Crippen molar-refractivity contribution in [3.8, 4) is 0 Å². The Labute approximate surface area is 98.4 Å². The first kappa shape index (κ1) is 12.1. The largest absolute Gasteiger partial charge is 0.393 e. The van der Waals surface area contributed by atoms with Crippen molar-refractivity contribution >= 4 is 5.78 Å². The van der Waals surface area contributed by atoms with Crippen molar-refractivity contribution in [2.24, 2.45) is 11.3 Å². The summed E-state index contributed by atoms with van der Waals surface area (Å²) in [5, 5.41) is 9.55. The van der Waals surface area contributed by atoms with Gasteiger partial charge in [-0.25, -0.2) is 0 Å². The monoisotopic (exact) mass is 224 g/mol. The molecular weight excluding hydrogens is 200 g/mol. The van der Waals surface area contributed by atoms with Gasteiger partial charge in [-0.15, -0.1) is 0 Å². The molecule has 1 spiro atoms. The summed E-state index contributed by atoms with van der Waals surface area (Å²) in [5.41, 5.74) is 0.534. The third-order valence-electron chi connectivity index (χ3n) is 4.76. The van der Waals surface area contributed by atoms with Gasteiger partial charge in [0.25, 0.3) is 0 Å². The van der Waals surface area contributed by atoms with Crippen molar-refractivity contribution in [2.75, 3.05) is 0 Å². The third-order valence-corrected chi connectivity index (χ3v) is 4.76. The molecule has 0 saturated heterocycles. The van der Waals surface area contributed by atoms with Crippen LogP contribution in [0.2, 0.25) is 0 Å². The Kier molecular flexibility index (Phi) is 3.68. The van der Waals surface area contributed by atoms with E-state index in [1.165, 1.54) is 38.5 Å². The fraction of sp³-hybridized carbons (Fsp3) is 0.929. The van der Waals surface area contributed by atoms with Gasteiger partial charge in [-0.05, 0) is 69.6 Å². The van der Waals surface area contributed by atoms with E-state index in [-0.39, 0.29) is 6.10 Å². The van der Waals surface area contributed by atoms with Gasteiger partial charge in [0.15, 0.2) is 0 Å². The summed E-state index contributed by atoms with van der Waals surface area (Å²) in [6.07, 6.45) is 10.2. The van der Waals surface area contributed by atoms with E-state index in [2.05, 4.69) is 0 Å². The molecule has 1 N–H and O–H groups in total. The standard InChI is InChI=1S/C14H24O2/c1-11(15)10-12-2-6-14(7-3-12)8-4-13(16)5-9-14/h12-13,16H,2-10H2,1H3. The lowest BCUT2D eigenvalue weighted by Crippen LogP contribution is -2.33. The van der Waals surface area contributed by atoms with E-state index in [0.717, 1.165) is 19.3 Å². The van der Waals surface area contributed by atoms with Crippen LogP contribution in [0, 0.1) is 11.3 Å². The average molecular weight is 224 g/mol. The maximum absolute atomic E-state index is 11.1. The molecule has 0 aromatic carbocycles. The van der Waals surface area contributed by atoms with Crippen LogP contribution in [0.25, 0.3) is 0 Å². The van der Waals surface area contributed by atoms with E-state index in [4.69, 9.17) is 0 Å². The molecule has 2 heteroatoms. The Morgan fingerprint density at radius 1 is 1.12 bits per heavy atom. The van der Waals surface area contributed by atoms with Gasteiger partial charge < -0.3 is 9.90 Å². The number of hydrogen-bond acceptors (Lipinski definition) is 2. The predicted octanol–water partition coefficient (Wildman–Crippen LogP) is 3.08. The van der Waals surface area contributed by atoms with Crippen LogP contribution in [0.15, 0.2) is 0 Å². The summed E-state index contributed by atoms with van der Waals surface area (Å²) < 4.78 is 0. The van der Waals surface area contributed by atoms with Crippen LogP contribution in [0.1, 0.15) is 64.7 Å². The van der Waals surface area contributed by atoms with Gasteiger partial charge >= 0.3 is 0 Å². The van der Waals surface area contributed by atoms with Gasteiger partial charge in [0.05, 0.1) is 6.10 Å². The second kappa shape index (κ2) is 4.87. The smallest absolute Gasteiger partial charge is 0.130 e. The highest BCUT2D eigenvalue weighted by molar-refractivity contribution is 5.75. The minimum atomic E-state index is -0.0411. The maximum Gasteiger partial charge on any atom is 0.130 e. The van der Waals surface area contributed by atoms with Gasteiger partial charge in [-0.3, -0.25) is 0 Å². The predicted molar refractivity (Wildman–Crippen MR) is 64.2 cm³/mol. The molecule has 0 aromatic heterocycles. The SMILES string of the molecule is CC(=O)CC1CCC2(CCC(O)CC2)CC1. The number of Topliss-reactive ketones (excluding diaryl/α,β-unsaturated/α-hetero) is 1. The van der Waals surface area contributed by atoms with Crippen molar-refractivity contribution in [1.29, 1.82) is 0 Å². The molecule has 0 aliphatic heterocycles. The zero-order valence-corrected chi connectivity index (χ0v) is 10.4. The topological polar surface area (TPSA) is 37.3 Å². The summed E-state index contributed by atoms with van der Waals surface area (Å²) in [5.74, 6) is 0.995. The Morgan fingerprint density at radius 3 is 2.12 bits per heavy atom. The molecular formula is C14H24O2. The Morgan fingerprint density at radius 2 is 1.62 bits per heavy atom. The number of carbonyl (C=O) groups is 1. The molecule has 2 rings (SSSR count). The van der Waals surface area contributed by atoms with Crippen molar-refractivity contribution in [3.05, 3.63) is 0 Å². The first-order chi connectivity index (χ1) is 7.60. The first-order valence-corrected chi connectivity index (χ1v) is 6.77. The molecule has 0 unspecified atom stereocenters. The summed E-state index contributed by atoms with van der Waals surface area (Å²) in [6.45, 7) is 1.71. The Hall–Kier alpha value is -0.370. The highest BCUT2D eigenvalue weighted by Gasteiger charge is 2.38. The average Bonchev–Trinajstić information content (AvgIpc) is 2.26. The van der Waals surface area contributed by atoms with E-state index >= 15 is 0 Å². The third kappa shape index (κ3) is 2.85. The second-order valence-corrected chi connectivity index (χ2v) is 6.08. The van der Waals surface area contributed by atoms with Gasteiger partial charge in [-0.1, -0.05) is 0 Å². The van der Waals surface area contributed by atoms with Crippen LogP contribution in [0.4, 0.5) is 0 Å². The Bertz CT molecular complexity index is 241. The van der Waals surface area contributed by atoms with Gasteiger partial charge in [0, 0.05) is 6.42 Å². The van der Waals surface area contributed by atoms with E-state index in [1.807, 2.05) is 0 Å². The fourth-order valence-electron chi connectivity index (χ4n) is 3.62. The zero-order valence-electron chi connectivity index (χ0n) is 10.4. The number of carbonyl (C=O) groups excluding carboxylic acids is 1. The molecule has 0 bridgehead atoms. The number of hydrogen-bond donors (Lipinski definition) is 1. The highest BCUT2D eigenvalue weighted by atomic mass is 16.3. The van der Waals surface area contributed by atoms with Crippen LogP contribution >= 0.6 is 0 Å².